The number of alkyl halides is 1. The number of halogens is 1. The maximum atomic E-state index is 5.58. The molecular formula is C8H9ClN2OS. The van der Waals surface area contributed by atoms with E-state index in [9.17, 15) is 0 Å². The Morgan fingerprint density at radius 3 is 3.31 bits per heavy atom. The summed E-state index contributed by atoms with van der Waals surface area (Å²) in [6.45, 7) is 0.507. The fourth-order valence-corrected chi connectivity index (χ4v) is 1.89. The molecule has 13 heavy (non-hydrogen) atoms. The van der Waals surface area contributed by atoms with Crippen LogP contribution in [-0.4, -0.2) is 18.5 Å². The van der Waals surface area contributed by atoms with Gasteiger partial charge < -0.3 is 4.74 Å². The van der Waals surface area contributed by atoms with Crippen LogP contribution in [0.15, 0.2) is 22.6 Å². The zero-order valence-electron chi connectivity index (χ0n) is 6.94. The van der Waals surface area contributed by atoms with E-state index in [1.54, 1.807) is 11.3 Å². The van der Waals surface area contributed by atoms with E-state index in [1.807, 2.05) is 22.5 Å². The lowest BCUT2D eigenvalue weighted by molar-refractivity contribution is 0.331. The lowest BCUT2D eigenvalue weighted by atomic mass is 10.5. The predicted molar refractivity (Wildman–Crippen MR) is 55.5 cm³/mol. The minimum absolute atomic E-state index is 0.507. The Hall–Kier alpha value is -0.740. The van der Waals surface area contributed by atoms with Crippen molar-refractivity contribution in [2.24, 2.45) is 5.10 Å². The molecule has 0 aromatic carbocycles. The van der Waals surface area contributed by atoms with E-state index in [-0.39, 0.29) is 0 Å². The first kappa shape index (κ1) is 8.84. The van der Waals surface area contributed by atoms with E-state index in [0.29, 0.717) is 19.0 Å². The number of nitrogens with zero attached hydrogens (tertiary/aromatic N) is 2. The van der Waals surface area contributed by atoms with Gasteiger partial charge in [-0.1, -0.05) is 0 Å². The summed E-state index contributed by atoms with van der Waals surface area (Å²) < 4.78 is 5.33. The standard InChI is InChI=1S/C8H9ClN2OS/c9-4-3-7-10-11(6-12-7)8-2-1-5-13-8/h1-2,5H,3-4,6H2. The minimum Gasteiger partial charge on any atom is -0.456 e. The molecular weight excluding hydrogens is 208 g/mol. The lowest BCUT2D eigenvalue weighted by Crippen LogP contribution is -2.10. The molecule has 2 rings (SSSR count). The van der Waals surface area contributed by atoms with Crippen molar-refractivity contribution in [3.63, 3.8) is 0 Å². The molecule has 0 amide bonds. The summed E-state index contributed by atoms with van der Waals surface area (Å²) in [5.41, 5.74) is 0. The van der Waals surface area contributed by atoms with Gasteiger partial charge in [-0.05, 0) is 17.5 Å². The molecule has 1 aromatic heterocycles. The van der Waals surface area contributed by atoms with Crippen molar-refractivity contribution in [2.75, 3.05) is 17.6 Å². The number of ether oxygens (including phenoxy) is 1. The fourth-order valence-electron chi connectivity index (χ4n) is 1.06. The van der Waals surface area contributed by atoms with Gasteiger partial charge in [-0.25, -0.2) is 5.01 Å². The highest BCUT2D eigenvalue weighted by Crippen LogP contribution is 2.24. The summed E-state index contributed by atoms with van der Waals surface area (Å²) in [6, 6.07) is 4.01. The first-order chi connectivity index (χ1) is 6.40. The summed E-state index contributed by atoms with van der Waals surface area (Å²) in [4.78, 5) is 0. The molecule has 0 radical (unpaired) electrons. The van der Waals surface area contributed by atoms with Crippen LogP contribution in [0.2, 0.25) is 0 Å². The van der Waals surface area contributed by atoms with Gasteiger partial charge in [0.2, 0.25) is 5.90 Å². The summed E-state index contributed by atoms with van der Waals surface area (Å²) in [7, 11) is 0. The van der Waals surface area contributed by atoms with Gasteiger partial charge in [0.1, 0.15) is 5.00 Å². The van der Waals surface area contributed by atoms with Crippen LogP contribution in [-0.2, 0) is 4.74 Å². The van der Waals surface area contributed by atoms with Gasteiger partial charge in [0, 0.05) is 12.3 Å². The molecule has 0 aliphatic carbocycles. The molecule has 5 heteroatoms. The average Bonchev–Trinajstić information content (AvgIpc) is 2.70. The SMILES string of the molecule is ClCCC1=NN(c2cccs2)CO1. The Kier molecular flexibility index (Phi) is 2.71. The third kappa shape index (κ3) is 1.95. The molecule has 0 atom stereocenters. The summed E-state index contributed by atoms with van der Waals surface area (Å²) in [5, 5.41) is 9.23. The van der Waals surface area contributed by atoms with Gasteiger partial charge in [-0.2, -0.15) is 0 Å². The normalized spacial score (nSPS) is 15.8. The fraction of sp³-hybridized carbons (Fsp3) is 0.375. The van der Waals surface area contributed by atoms with E-state index in [0.717, 1.165) is 10.9 Å². The molecule has 0 fully saturated rings. The van der Waals surface area contributed by atoms with E-state index in [2.05, 4.69) is 5.10 Å². The molecule has 3 nitrogen and oxygen atoms in total. The van der Waals surface area contributed by atoms with Crippen LogP contribution in [0.3, 0.4) is 0 Å². The second kappa shape index (κ2) is 3.98. The highest BCUT2D eigenvalue weighted by atomic mass is 35.5. The van der Waals surface area contributed by atoms with Crippen molar-refractivity contribution in [3.05, 3.63) is 17.5 Å². The second-order valence-electron chi connectivity index (χ2n) is 2.56. The number of rotatable bonds is 3. The first-order valence-electron chi connectivity index (χ1n) is 3.97. The third-order valence-electron chi connectivity index (χ3n) is 1.65. The summed E-state index contributed by atoms with van der Waals surface area (Å²) >= 11 is 7.22. The van der Waals surface area contributed by atoms with E-state index < -0.39 is 0 Å². The molecule has 2 heterocycles. The Labute approximate surface area is 85.6 Å². The summed E-state index contributed by atoms with van der Waals surface area (Å²) in [5.74, 6) is 1.28. The average molecular weight is 217 g/mol. The van der Waals surface area contributed by atoms with Crippen LogP contribution in [0.1, 0.15) is 6.42 Å². The Morgan fingerprint density at radius 1 is 1.69 bits per heavy atom. The van der Waals surface area contributed by atoms with Crippen LogP contribution in [0.5, 0.6) is 0 Å². The van der Waals surface area contributed by atoms with Crippen LogP contribution < -0.4 is 5.01 Å². The highest BCUT2D eigenvalue weighted by Gasteiger charge is 2.16. The highest BCUT2D eigenvalue weighted by molar-refractivity contribution is 7.14. The quantitative estimate of drug-likeness (QED) is 0.726. The molecule has 0 spiro atoms. The lowest BCUT2D eigenvalue weighted by Gasteiger charge is -2.06. The van der Waals surface area contributed by atoms with Crippen molar-refractivity contribution in [2.45, 2.75) is 6.42 Å². The van der Waals surface area contributed by atoms with Crippen molar-refractivity contribution >= 4 is 33.8 Å². The number of anilines is 1. The maximum Gasteiger partial charge on any atom is 0.209 e. The molecule has 1 aliphatic heterocycles. The maximum absolute atomic E-state index is 5.58. The molecule has 0 saturated carbocycles. The molecule has 1 aromatic rings. The van der Waals surface area contributed by atoms with E-state index >= 15 is 0 Å². The van der Waals surface area contributed by atoms with Gasteiger partial charge in [0.15, 0.2) is 6.73 Å². The van der Waals surface area contributed by atoms with Crippen molar-refractivity contribution < 1.29 is 4.74 Å². The number of thiophene rings is 1. The number of hydrazone groups is 1. The van der Waals surface area contributed by atoms with Gasteiger partial charge in [-0.15, -0.1) is 28.0 Å². The largest absolute Gasteiger partial charge is 0.456 e. The zero-order chi connectivity index (χ0) is 9.10. The molecule has 0 N–H and O–H groups in total. The Morgan fingerprint density at radius 2 is 2.62 bits per heavy atom. The predicted octanol–water partition coefficient (Wildman–Crippen LogP) is 2.48. The topological polar surface area (TPSA) is 24.8 Å². The van der Waals surface area contributed by atoms with Crippen LogP contribution >= 0.6 is 22.9 Å². The van der Waals surface area contributed by atoms with E-state index in [1.165, 1.54) is 0 Å². The first-order valence-corrected chi connectivity index (χ1v) is 5.39. The molecule has 1 aliphatic rings. The summed E-state index contributed by atoms with van der Waals surface area (Å²) in [6.07, 6.45) is 0.698. The van der Waals surface area contributed by atoms with Crippen LogP contribution in [0.25, 0.3) is 0 Å². The molecule has 70 valence electrons. The van der Waals surface area contributed by atoms with Gasteiger partial charge in [0.05, 0.1) is 0 Å². The van der Waals surface area contributed by atoms with Crippen molar-refractivity contribution in [1.82, 2.24) is 0 Å². The Balaban J connectivity index is 2.05. The second-order valence-corrected chi connectivity index (χ2v) is 3.86. The smallest absolute Gasteiger partial charge is 0.209 e. The van der Waals surface area contributed by atoms with Crippen molar-refractivity contribution in [1.29, 1.82) is 0 Å². The van der Waals surface area contributed by atoms with Gasteiger partial charge in [-0.3, -0.25) is 0 Å². The van der Waals surface area contributed by atoms with Gasteiger partial charge in [0.25, 0.3) is 0 Å². The van der Waals surface area contributed by atoms with E-state index in [4.69, 9.17) is 16.3 Å². The zero-order valence-corrected chi connectivity index (χ0v) is 8.51. The van der Waals surface area contributed by atoms with Gasteiger partial charge >= 0.3 is 0 Å². The van der Waals surface area contributed by atoms with Crippen LogP contribution in [0.4, 0.5) is 5.00 Å². The molecule has 0 saturated heterocycles. The monoisotopic (exact) mass is 216 g/mol. The van der Waals surface area contributed by atoms with Crippen molar-refractivity contribution in [3.8, 4) is 0 Å². The third-order valence-corrected chi connectivity index (χ3v) is 2.73. The number of hydrogen-bond acceptors (Lipinski definition) is 4. The minimum atomic E-state index is 0.507. The molecule has 0 unspecified atom stereocenters. The molecule has 0 bridgehead atoms. The number of hydrogen-bond donors (Lipinski definition) is 0. The Bertz CT molecular complexity index is 299. The van der Waals surface area contributed by atoms with Crippen LogP contribution in [0, 0.1) is 0 Å².